The Hall–Kier alpha value is -2.00. The van der Waals surface area contributed by atoms with E-state index in [9.17, 15) is 4.79 Å². The summed E-state index contributed by atoms with van der Waals surface area (Å²) in [4.78, 5) is 18.2. The third-order valence-corrected chi connectivity index (χ3v) is 4.71. The first-order chi connectivity index (χ1) is 13.7. The minimum atomic E-state index is -0.0114. The highest BCUT2D eigenvalue weighted by molar-refractivity contribution is 14.0. The van der Waals surface area contributed by atoms with Crippen LogP contribution in [-0.2, 0) is 11.2 Å². The predicted molar refractivity (Wildman–Crippen MR) is 129 cm³/mol. The van der Waals surface area contributed by atoms with Gasteiger partial charge in [0.15, 0.2) is 12.6 Å². The Bertz CT molecular complexity index is 847. The number of ether oxygens (including phenoxy) is 1. The molecule has 2 aromatic carbocycles. The van der Waals surface area contributed by atoms with Gasteiger partial charge in [0.2, 0.25) is 0 Å². The predicted octanol–water partition coefficient (Wildman–Crippen LogP) is 3.48. The van der Waals surface area contributed by atoms with Crippen LogP contribution in [0.1, 0.15) is 12.0 Å². The molecule has 0 aliphatic carbocycles. The molecule has 1 aliphatic rings. The minimum Gasteiger partial charge on any atom is -0.482 e. The van der Waals surface area contributed by atoms with Crippen LogP contribution in [0.15, 0.2) is 53.5 Å². The van der Waals surface area contributed by atoms with Crippen LogP contribution in [0.4, 0.5) is 5.69 Å². The van der Waals surface area contributed by atoms with Gasteiger partial charge in [0.1, 0.15) is 5.75 Å². The van der Waals surface area contributed by atoms with E-state index < -0.39 is 0 Å². The Kier molecular flexibility index (Phi) is 9.53. The molecule has 2 aromatic rings. The molecule has 6 nitrogen and oxygen atoms in total. The second kappa shape index (κ2) is 11.9. The van der Waals surface area contributed by atoms with E-state index in [-0.39, 0.29) is 36.5 Å². The maximum Gasteiger partial charge on any atom is 0.265 e. The zero-order valence-corrected chi connectivity index (χ0v) is 19.4. The van der Waals surface area contributed by atoms with Crippen LogP contribution in [0.3, 0.4) is 0 Å². The number of benzene rings is 2. The molecular weight excluding hydrogens is 503 g/mol. The molecule has 1 aliphatic heterocycles. The van der Waals surface area contributed by atoms with E-state index in [1.807, 2.05) is 42.5 Å². The first-order valence-electron chi connectivity index (χ1n) is 9.38. The number of carbonyl (C=O) groups excluding carboxylic acids is 1. The van der Waals surface area contributed by atoms with Gasteiger partial charge >= 0.3 is 0 Å². The zero-order valence-electron chi connectivity index (χ0n) is 16.4. The number of guanidine groups is 1. The van der Waals surface area contributed by atoms with Crippen LogP contribution in [0.5, 0.6) is 5.75 Å². The lowest BCUT2D eigenvalue weighted by Crippen LogP contribution is -2.42. The SMILES string of the molecule is CN=C(NCCCN1C(=O)COc2ccccc21)NCCc1cccc(Cl)c1.I. The molecule has 0 atom stereocenters. The number of nitrogens with zero attached hydrogens (tertiary/aromatic N) is 2. The standard InChI is InChI=1S/C21H25ClN4O2.HI/c1-23-21(25-12-10-16-6-4-7-17(22)14-16)24-11-5-13-26-18-8-2-3-9-19(18)28-15-20(26)27;/h2-4,6-9,14H,5,10-13,15H2,1H3,(H2,23,24,25);1H. The molecule has 3 rings (SSSR count). The van der Waals surface area contributed by atoms with Gasteiger partial charge in [-0.15, -0.1) is 24.0 Å². The number of anilines is 1. The molecule has 156 valence electrons. The smallest absolute Gasteiger partial charge is 0.265 e. The summed E-state index contributed by atoms with van der Waals surface area (Å²) in [6.45, 7) is 2.20. The van der Waals surface area contributed by atoms with E-state index in [1.54, 1.807) is 11.9 Å². The molecule has 0 aromatic heterocycles. The Morgan fingerprint density at radius 2 is 1.97 bits per heavy atom. The fourth-order valence-electron chi connectivity index (χ4n) is 3.08. The maximum atomic E-state index is 12.2. The van der Waals surface area contributed by atoms with Crippen LogP contribution >= 0.6 is 35.6 Å². The summed E-state index contributed by atoms with van der Waals surface area (Å²) in [5.41, 5.74) is 2.02. The van der Waals surface area contributed by atoms with Crippen molar-refractivity contribution in [2.75, 3.05) is 38.2 Å². The van der Waals surface area contributed by atoms with Crippen LogP contribution < -0.4 is 20.3 Å². The third-order valence-electron chi connectivity index (χ3n) is 4.48. The lowest BCUT2D eigenvalue weighted by Gasteiger charge is -2.29. The molecule has 29 heavy (non-hydrogen) atoms. The van der Waals surface area contributed by atoms with Gasteiger partial charge in [-0.2, -0.15) is 0 Å². The van der Waals surface area contributed by atoms with Crippen molar-refractivity contribution >= 4 is 53.1 Å². The Balaban J connectivity index is 0.00000300. The summed E-state index contributed by atoms with van der Waals surface area (Å²) >= 11 is 6.01. The number of rotatable bonds is 7. The number of hydrogen-bond acceptors (Lipinski definition) is 3. The first kappa shape index (κ1) is 23.3. The molecule has 0 fully saturated rings. The van der Waals surface area contributed by atoms with E-state index in [0.29, 0.717) is 13.1 Å². The second-order valence-corrected chi connectivity index (χ2v) is 6.90. The summed E-state index contributed by atoms with van der Waals surface area (Å²) in [5, 5.41) is 7.33. The molecule has 0 saturated heterocycles. The fraction of sp³-hybridized carbons (Fsp3) is 0.333. The maximum absolute atomic E-state index is 12.2. The number of amides is 1. The van der Waals surface area contributed by atoms with Gasteiger partial charge in [-0.3, -0.25) is 9.79 Å². The molecule has 1 amide bonds. The monoisotopic (exact) mass is 528 g/mol. The van der Waals surface area contributed by atoms with Crippen molar-refractivity contribution in [1.82, 2.24) is 10.6 Å². The molecule has 1 heterocycles. The summed E-state index contributed by atoms with van der Waals surface area (Å²) in [6.07, 6.45) is 1.66. The molecular formula is C21H26ClIN4O2. The second-order valence-electron chi connectivity index (χ2n) is 6.46. The number of aliphatic imine (C=N–C) groups is 1. The topological polar surface area (TPSA) is 66.0 Å². The van der Waals surface area contributed by atoms with E-state index in [4.69, 9.17) is 16.3 Å². The van der Waals surface area contributed by atoms with E-state index in [0.717, 1.165) is 41.8 Å². The first-order valence-corrected chi connectivity index (χ1v) is 9.76. The van der Waals surface area contributed by atoms with Crippen molar-refractivity contribution in [1.29, 1.82) is 0 Å². The summed E-state index contributed by atoms with van der Waals surface area (Å²) in [7, 11) is 1.75. The van der Waals surface area contributed by atoms with Gasteiger partial charge in [-0.25, -0.2) is 0 Å². The van der Waals surface area contributed by atoms with Crippen LogP contribution in [-0.4, -0.2) is 45.2 Å². The van der Waals surface area contributed by atoms with Gasteiger partial charge < -0.3 is 20.3 Å². The van der Waals surface area contributed by atoms with Gasteiger partial charge in [-0.05, 0) is 42.7 Å². The van der Waals surface area contributed by atoms with Crippen molar-refractivity contribution in [3.05, 3.63) is 59.1 Å². The number of hydrogen-bond donors (Lipinski definition) is 2. The van der Waals surface area contributed by atoms with Crippen LogP contribution in [0, 0.1) is 0 Å². The molecule has 2 N–H and O–H groups in total. The van der Waals surface area contributed by atoms with Crippen LogP contribution in [0.25, 0.3) is 0 Å². The number of nitrogens with one attached hydrogen (secondary N) is 2. The average molecular weight is 529 g/mol. The molecule has 0 unspecified atom stereocenters. The highest BCUT2D eigenvalue weighted by Crippen LogP contribution is 2.31. The van der Waals surface area contributed by atoms with Crippen molar-refractivity contribution in [2.24, 2.45) is 4.99 Å². The van der Waals surface area contributed by atoms with Crippen LogP contribution in [0.2, 0.25) is 5.02 Å². The number of fused-ring (bicyclic) bond motifs is 1. The number of halogens is 2. The lowest BCUT2D eigenvalue weighted by atomic mass is 10.1. The largest absolute Gasteiger partial charge is 0.482 e. The summed E-state index contributed by atoms with van der Waals surface area (Å²) < 4.78 is 5.47. The highest BCUT2D eigenvalue weighted by atomic mass is 127. The van der Waals surface area contributed by atoms with Gasteiger partial charge in [-0.1, -0.05) is 35.9 Å². The average Bonchev–Trinajstić information content (AvgIpc) is 2.71. The summed E-state index contributed by atoms with van der Waals surface area (Å²) in [6, 6.07) is 15.5. The zero-order chi connectivity index (χ0) is 19.8. The molecule has 8 heteroatoms. The van der Waals surface area contributed by atoms with Gasteiger partial charge in [0, 0.05) is 31.7 Å². The molecule has 0 radical (unpaired) electrons. The molecule has 0 bridgehead atoms. The fourth-order valence-corrected chi connectivity index (χ4v) is 3.29. The molecule has 0 spiro atoms. The summed E-state index contributed by atoms with van der Waals surface area (Å²) in [5.74, 6) is 1.49. The van der Waals surface area contributed by atoms with Gasteiger partial charge in [0.05, 0.1) is 5.69 Å². The Labute approximate surface area is 193 Å². The normalized spacial score (nSPS) is 13.2. The molecule has 0 saturated carbocycles. The highest BCUT2D eigenvalue weighted by Gasteiger charge is 2.24. The Morgan fingerprint density at radius 3 is 2.76 bits per heavy atom. The lowest BCUT2D eigenvalue weighted by molar-refractivity contribution is -0.121. The third kappa shape index (κ3) is 6.78. The minimum absolute atomic E-state index is 0. The van der Waals surface area contributed by atoms with E-state index in [1.165, 1.54) is 5.56 Å². The van der Waals surface area contributed by atoms with E-state index in [2.05, 4.69) is 21.7 Å². The quantitative estimate of drug-likeness (QED) is 0.250. The van der Waals surface area contributed by atoms with E-state index >= 15 is 0 Å². The Morgan fingerprint density at radius 1 is 1.17 bits per heavy atom. The van der Waals surface area contributed by atoms with Crippen molar-refractivity contribution in [3.63, 3.8) is 0 Å². The number of carbonyl (C=O) groups is 1. The van der Waals surface area contributed by atoms with Gasteiger partial charge in [0.25, 0.3) is 5.91 Å². The number of para-hydroxylation sites is 2. The van der Waals surface area contributed by atoms with Crippen molar-refractivity contribution < 1.29 is 9.53 Å². The van der Waals surface area contributed by atoms with Crippen molar-refractivity contribution in [2.45, 2.75) is 12.8 Å². The van der Waals surface area contributed by atoms with Crippen molar-refractivity contribution in [3.8, 4) is 5.75 Å².